The van der Waals surface area contributed by atoms with Gasteiger partial charge >= 0.3 is 0 Å². The molecule has 1 aromatic carbocycles. The first-order valence-electron chi connectivity index (χ1n) is 5.80. The molecule has 0 spiro atoms. The fourth-order valence-corrected chi connectivity index (χ4v) is 2.96. The molecule has 0 amide bonds. The maximum atomic E-state index is 8.72. The lowest BCUT2D eigenvalue weighted by Gasteiger charge is -2.25. The molecule has 2 nitrogen and oxygen atoms in total. The Morgan fingerprint density at radius 2 is 2.25 bits per heavy atom. The Bertz CT molecular complexity index is 327. The van der Waals surface area contributed by atoms with Gasteiger partial charge in [-0.2, -0.15) is 11.8 Å². The van der Waals surface area contributed by atoms with Crippen LogP contribution in [-0.4, -0.2) is 29.8 Å². The van der Waals surface area contributed by atoms with E-state index in [1.54, 1.807) is 0 Å². The molecular weight excluding hydrogens is 220 g/mol. The number of benzene rings is 1. The lowest BCUT2D eigenvalue weighted by atomic mass is 9.99. The third-order valence-electron chi connectivity index (χ3n) is 2.81. The van der Waals surface area contributed by atoms with Gasteiger partial charge in [0.15, 0.2) is 0 Å². The molecule has 1 heterocycles. The molecule has 0 fully saturated rings. The molecule has 1 N–H and O–H groups in total. The maximum Gasteiger partial charge on any atom is 0.0918 e. The van der Waals surface area contributed by atoms with Gasteiger partial charge in [-0.1, -0.05) is 24.3 Å². The topological polar surface area (TPSA) is 29.5 Å². The number of thioether (sulfide) groups is 1. The first-order valence-corrected chi connectivity index (χ1v) is 6.95. The Morgan fingerprint density at radius 1 is 1.38 bits per heavy atom. The molecular formula is C13H18O2S. The minimum absolute atomic E-state index is 0.244. The molecule has 0 aliphatic carbocycles. The largest absolute Gasteiger partial charge is 0.396 e. The summed E-state index contributed by atoms with van der Waals surface area (Å²) >= 11 is 1.86. The van der Waals surface area contributed by atoms with Gasteiger partial charge in [0.25, 0.3) is 0 Å². The van der Waals surface area contributed by atoms with E-state index in [1.165, 1.54) is 11.1 Å². The number of fused-ring (bicyclic) bond motifs is 1. The Hall–Kier alpha value is -0.510. The molecule has 1 aromatic rings. The molecule has 16 heavy (non-hydrogen) atoms. The molecule has 0 saturated carbocycles. The molecule has 0 bridgehead atoms. The van der Waals surface area contributed by atoms with E-state index >= 15 is 0 Å². The average Bonchev–Trinajstić information content (AvgIpc) is 2.35. The van der Waals surface area contributed by atoms with Crippen LogP contribution >= 0.6 is 11.8 Å². The molecule has 1 aliphatic heterocycles. The van der Waals surface area contributed by atoms with Crippen LogP contribution in [0.2, 0.25) is 0 Å². The highest BCUT2D eigenvalue weighted by Gasteiger charge is 2.19. The second-order valence-corrected chi connectivity index (χ2v) is 5.11. The molecule has 3 heteroatoms. The van der Waals surface area contributed by atoms with E-state index in [9.17, 15) is 0 Å². The van der Waals surface area contributed by atoms with Crippen molar-refractivity contribution >= 4 is 11.8 Å². The standard InChI is InChI=1S/C13H18O2S/c14-7-3-9-16-10-13-12-5-2-1-4-11(12)6-8-15-13/h1-2,4-5,13-14H,3,6-10H2. The van der Waals surface area contributed by atoms with Crippen LogP contribution in [0.4, 0.5) is 0 Å². The normalized spacial score (nSPS) is 19.4. The summed E-state index contributed by atoms with van der Waals surface area (Å²) in [6.45, 7) is 1.12. The summed E-state index contributed by atoms with van der Waals surface area (Å²) in [4.78, 5) is 0. The lowest BCUT2D eigenvalue weighted by Crippen LogP contribution is -2.18. The minimum Gasteiger partial charge on any atom is -0.396 e. The van der Waals surface area contributed by atoms with Gasteiger partial charge in [-0.3, -0.25) is 0 Å². The first-order chi connectivity index (χ1) is 7.92. The van der Waals surface area contributed by atoms with E-state index in [0.717, 1.165) is 31.0 Å². The smallest absolute Gasteiger partial charge is 0.0918 e. The van der Waals surface area contributed by atoms with Crippen LogP contribution < -0.4 is 0 Å². The zero-order valence-electron chi connectivity index (χ0n) is 9.39. The fourth-order valence-electron chi connectivity index (χ4n) is 1.97. The number of ether oxygens (including phenoxy) is 1. The molecule has 1 aliphatic rings. The van der Waals surface area contributed by atoms with Crippen molar-refractivity contribution < 1.29 is 9.84 Å². The lowest BCUT2D eigenvalue weighted by molar-refractivity contribution is 0.0588. The zero-order chi connectivity index (χ0) is 11.2. The van der Waals surface area contributed by atoms with Crippen molar-refractivity contribution in [3.63, 3.8) is 0 Å². The first kappa shape index (κ1) is 12.0. The van der Waals surface area contributed by atoms with Crippen LogP contribution in [0.25, 0.3) is 0 Å². The van der Waals surface area contributed by atoms with E-state index in [0.29, 0.717) is 0 Å². The van der Waals surface area contributed by atoms with Crippen molar-refractivity contribution in [2.45, 2.75) is 18.9 Å². The van der Waals surface area contributed by atoms with Gasteiger partial charge in [0.2, 0.25) is 0 Å². The summed E-state index contributed by atoms with van der Waals surface area (Å²) < 4.78 is 5.80. The monoisotopic (exact) mass is 238 g/mol. The van der Waals surface area contributed by atoms with Crippen LogP contribution in [0.1, 0.15) is 23.7 Å². The second kappa shape index (κ2) is 6.28. The van der Waals surface area contributed by atoms with Gasteiger partial charge in [-0.15, -0.1) is 0 Å². The SMILES string of the molecule is OCCCSCC1OCCc2ccccc21. The highest BCUT2D eigenvalue weighted by Crippen LogP contribution is 2.29. The van der Waals surface area contributed by atoms with E-state index in [4.69, 9.17) is 9.84 Å². The highest BCUT2D eigenvalue weighted by molar-refractivity contribution is 7.99. The van der Waals surface area contributed by atoms with Crippen molar-refractivity contribution in [3.8, 4) is 0 Å². The van der Waals surface area contributed by atoms with Crippen LogP contribution in [0, 0.1) is 0 Å². The summed E-state index contributed by atoms with van der Waals surface area (Å²) in [7, 11) is 0. The van der Waals surface area contributed by atoms with Crippen molar-refractivity contribution in [1.82, 2.24) is 0 Å². The Kier molecular flexibility index (Phi) is 4.69. The second-order valence-electron chi connectivity index (χ2n) is 3.96. The maximum absolute atomic E-state index is 8.72. The number of aliphatic hydroxyl groups excluding tert-OH is 1. The quantitative estimate of drug-likeness (QED) is 0.799. The third kappa shape index (κ3) is 3.00. The molecule has 0 saturated heterocycles. The molecule has 88 valence electrons. The molecule has 2 rings (SSSR count). The number of hydrogen-bond donors (Lipinski definition) is 1. The summed E-state index contributed by atoms with van der Waals surface area (Å²) in [6, 6.07) is 8.55. The van der Waals surface area contributed by atoms with Crippen molar-refractivity contribution in [2.75, 3.05) is 24.7 Å². The van der Waals surface area contributed by atoms with Gasteiger partial charge in [0, 0.05) is 12.4 Å². The molecule has 0 aromatic heterocycles. The number of rotatable bonds is 5. The molecule has 1 atom stereocenters. The zero-order valence-corrected chi connectivity index (χ0v) is 10.2. The van der Waals surface area contributed by atoms with E-state index in [1.807, 2.05) is 11.8 Å². The Morgan fingerprint density at radius 3 is 3.12 bits per heavy atom. The summed E-state index contributed by atoms with van der Waals surface area (Å²) in [6.07, 6.45) is 2.15. The molecule has 1 unspecified atom stereocenters. The van der Waals surface area contributed by atoms with Gasteiger partial charge in [-0.05, 0) is 29.7 Å². The van der Waals surface area contributed by atoms with E-state index in [2.05, 4.69) is 24.3 Å². The van der Waals surface area contributed by atoms with Gasteiger partial charge in [-0.25, -0.2) is 0 Å². The Balaban J connectivity index is 1.91. The third-order valence-corrected chi connectivity index (χ3v) is 3.92. The number of aliphatic hydroxyl groups is 1. The van der Waals surface area contributed by atoms with Crippen LogP contribution in [0.5, 0.6) is 0 Å². The minimum atomic E-state index is 0.244. The summed E-state index contributed by atoms with van der Waals surface area (Å²) in [5.41, 5.74) is 2.78. The van der Waals surface area contributed by atoms with Crippen LogP contribution in [-0.2, 0) is 11.2 Å². The Labute approximate surface area is 101 Å². The number of hydrogen-bond acceptors (Lipinski definition) is 3. The summed E-state index contributed by atoms with van der Waals surface area (Å²) in [5.74, 6) is 2.01. The summed E-state index contributed by atoms with van der Waals surface area (Å²) in [5, 5.41) is 8.72. The highest BCUT2D eigenvalue weighted by atomic mass is 32.2. The van der Waals surface area contributed by atoms with Gasteiger partial charge < -0.3 is 9.84 Å². The fraction of sp³-hybridized carbons (Fsp3) is 0.538. The van der Waals surface area contributed by atoms with Crippen LogP contribution in [0.15, 0.2) is 24.3 Å². The van der Waals surface area contributed by atoms with Crippen molar-refractivity contribution in [1.29, 1.82) is 0 Å². The van der Waals surface area contributed by atoms with E-state index in [-0.39, 0.29) is 12.7 Å². The van der Waals surface area contributed by atoms with Crippen LogP contribution in [0.3, 0.4) is 0 Å². The average molecular weight is 238 g/mol. The van der Waals surface area contributed by atoms with Gasteiger partial charge in [0.05, 0.1) is 12.7 Å². The predicted molar refractivity (Wildman–Crippen MR) is 67.9 cm³/mol. The predicted octanol–water partition coefficient (Wildman–Crippen LogP) is 2.42. The van der Waals surface area contributed by atoms with E-state index < -0.39 is 0 Å². The van der Waals surface area contributed by atoms with Gasteiger partial charge in [0.1, 0.15) is 0 Å². The van der Waals surface area contributed by atoms with Crippen molar-refractivity contribution in [3.05, 3.63) is 35.4 Å². The molecule has 0 radical (unpaired) electrons. The van der Waals surface area contributed by atoms with Crippen molar-refractivity contribution in [2.24, 2.45) is 0 Å².